The van der Waals surface area contributed by atoms with Gasteiger partial charge in [-0.1, -0.05) is 29.8 Å². The van der Waals surface area contributed by atoms with E-state index in [0.29, 0.717) is 17.7 Å². The highest BCUT2D eigenvalue weighted by atomic mass is 32.2. The van der Waals surface area contributed by atoms with Gasteiger partial charge in [-0.05, 0) is 56.0 Å². The minimum Gasteiger partial charge on any atom is -0.465 e. The fourth-order valence-corrected chi connectivity index (χ4v) is 5.35. The highest BCUT2D eigenvalue weighted by Gasteiger charge is 2.36. The molecule has 6 heteroatoms. The summed E-state index contributed by atoms with van der Waals surface area (Å²) in [4.78, 5) is 11.9. The van der Waals surface area contributed by atoms with Crippen LogP contribution in [0.3, 0.4) is 0 Å². The van der Waals surface area contributed by atoms with Gasteiger partial charge in [-0.3, -0.25) is 0 Å². The molecule has 1 saturated heterocycles. The summed E-state index contributed by atoms with van der Waals surface area (Å²) in [5.41, 5.74) is 3.05. The standard InChI is InChI=1S/C20H23NO4S/c1-14-6-8-16(9-7-14)18-5-4-12-21(18)26(23,24)19-11-10-17(13-15(19)2)20(22)25-3/h6-11,13,18H,4-5,12H2,1-3H3. The highest BCUT2D eigenvalue weighted by molar-refractivity contribution is 7.89. The molecule has 0 bridgehead atoms. The lowest BCUT2D eigenvalue weighted by atomic mass is 10.0. The Bertz CT molecular complexity index is 919. The second-order valence-electron chi connectivity index (χ2n) is 6.66. The number of ether oxygens (including phenoxy) is 1. The van der Waals surface area contributed by atoms with E-state index in [4.69, 9.17) is 4.74 Å². The number of carbonyl (C=O) groups is 1. The topological polar surface area (TPSA) is 63.7 Å². The van der Waals surface area contributed by atoms with Crippen LogP contribution in [0.4, 0.5) is 0 Å². The fraction of sp³-hybridized carbons (Fsp3) is 0.350. The van der Waals surface area contributed by atoms with Gasteiger partial charge in [0.1, 0.15) is 0 Å². The van der Waals surface area contributed by atoms with Gasteiger partial charge in [0, 0.05) is 6.54 Å². The molecular formula is C20H23NO4S. The number of hydrogen-bond donors (Lipinski definition) is 0. The van der Waals surface area contributed by atoms with Gasteiger partial charge >= 0.3 is 5.97 Å². The van der Waals surface area contributed by atoms with E-state index in [9.17, 15) is 13.2 Å². The summed E-state index contributed by atoms with van der Waals surface area (Å²) in [5, 5.41) is 0. The lowest BCUT2D eigenvalue weighted by molar-refractivity contribution is 0.0600. The van der Waals surface area contributed by atoms with Gasteiger partial charge in [0.05, 0.1) is 23.6 Å². The molecule has 1 fully saturated rings. The third-order valence-electron chi connectivity index (χ3n) is 4.85. The van der Waals surface area contributed by atoms with Crippen molar-refractivity contribution in [2.24, 2.45) is 0 Å². The predicted molar refractivity (Wildman–Crippen MR) is 99.6 cm³/mol. The minimum atomic E-state index is -3.64. The highest BCUT2D eigenvalue weighted by Crippen LogP contribution is 2.37. The van der Waals surface area contributed by atoms with Crippen molar-refractivity contribution >= 4 is 16.0 Å². The van der Waals surface area contributed by atoms with Crippen molar-refractivity contribution in [1.82, 2.24) is 4.31 Å². The van der Waals surface area contributed by atoms with E-state index in [-0.39, 0.29) is 10.9 Å². The summed E-state index contributed by atoms with van der Waals surface area (Å²) >= 11 is 0. The molecule has 0 aliphatic carbocycles. The van der Waals surface area contributed by atoms with Gasteiger partial charge in [0.2, 0.25) is 10.0 Å². The Balaban J connectivity index is 1.96. The van der Waals surface area contributed by atoms with Crippen LogP contribution in [0.2, 0.25) is 0 Å². The van der Waals surface area contributed by atoms with E-state index in [1.54, 1.807) is 17.3 Å². The SMILES string of the molecule is COC(=O)c1ccc(S(=O)(=O)N2CCCC2c2ccc(C)cc2)c(C)c1. The number of esters is 1. The van der Waals surface area contributed by atoms with E-state index in [1.165, 1.54) is 19.2 Å². The first-order valence-electron chi connectivity index (χ1n) is 8.62. The van der Waals surface area contributed by atoms with Crippen LogP contribution in [0.25, 0.3) is 0 Å². The molecular weight excluding hydrogens is 350 g/mol. The number of aryl methyl sites for hydroxylation is 2. The first kappa shape index (κ1) is 18.6. The molecule has 1 atom stereocenters. The molecule has 1 aliphatic heterocycles. The molecule has 0 N–H and O–H groups in total. The van der Waals surface area contributed by atoms with Crippen molar-refractivity contribution in [3.63, 3.8) is 0 Å². The Labute approximate surface area is 154 Å². The summed E-state index contributed by atoms with van der Waals surface area (Å²) in [6.45, 7) is 4.22. The predicted octanol–water partition coefficient (Wildman–Crippen LogP) is 3.62. The van der Waals surface area contributed by atoms with E-state index in [2.05, 4.69) is 0 Å². The molecule has 0 saturated carbocycles. The first-order valence-corrected chi connectivity index (χ1v) is 10.1. The quantitative estimate of drug-likeness (QED) is 0.768. The van der Waals surface area contributed by atoms with Crippen LogP contribution in [0.1, 0.15) is 45.9 Å². The number of rotatable bonds is 4. The zero-order chi connectivity index (χ0) is 18.9. The van der Waals surface area contributed by atoms with E-state index < -0.39 is 16.0 Å². The van der Waals surface area contributed by atoms with Gasteiger partial charge < -0.3 is 4.74 Å². The molecule has 1 unspecified atom stereocenters. The van der Waals surface area contributed by atoms with Crippen LogP contribution in [0, 0.1) is 13.8 Å². The first-order chi connectivity index (χ1) is 12.3. The number of benzene rings is 2. The Morgan fingerprint density at radius 2 is 1.81 bits per heavy atom. The van der Waals surface area contributed by atoms with Crippen LogP contribution < -0.4 is 0 Å². The smallest absolute Gasteiger partial charge is 0.337 e. The van der Waals surface area contributed by atoms with Gasteiger partial charge in [-0.2, -0.15) is 4.31 Å². The van der Waals surface area contributed by atoms with Crippen LogP contribution in [-0.2, 0) is 14.8 Å². The van der Waals surface area contributed by atoms with Gasteiger partial charge in [-0.15, -0.1) is 0 Å². The molecule has 5 nitrogen and oxygen atoms in total. The van der Waals surface area contributed by atoms with Crippen LogP contribution >= 0.6 is 0 Å². The molecule has 138 valence electrons. The van der Waals surface area contributed by atoms with Crippen LogP contribution in [-0.4, -0.2) is 32.3 Å². The Hall–Kier alpha value is -2.18. The number of methoxy groups -OCH3 is 1. The fourth-order valence-electron chi connectivity index (χ4n) is 3.46. The molecule has 1 heterocycles. The number of hydrogen-bond acceptors (Lipinski definition) is 4. The molecule has 1 aliphatic rings. The monoisotopic (exact) mass is 373 g/mol. The maximum absolute atomic E-state index is 13.3. The summed E-state index contributed by atoms with van der Waals surface area (Å²) in [6, 6.07) is 12.4. The third kappa shape index (κ3) is 3.39. The number of sulfonamides is 1. The molecule has 3 rings (SSSR count). The lowest BCUT2D eigenvalue weighted by Crippen LogP contribution is -2.31. The van der Waals surface area contributed by atoms with Gasteiger partial charge in [-0.25, -0.2) is 13.2 Å². The molecule has 0 amide bonds. The average molecular weight is 373 g/mol. The summed E-state index contributed by atoms with van der Waals surface area (Å²) < 4.78 is 32.8. The summed E-state index contributed by atoms with van der Waals surface area (Å²) in [5.74, 6) is -0.476. The van der Waals surface area contributed by atoms with Gasteiger partial charge in [0.15, 0.2) is 0 Å². The van der Waals surface area contributed by atoms with Crippen molar-refractivity contribution in [3.05, 3.63) is 64.7 Å². The normalized spacial score (nSPS) is 18.0. The molecule has 0 aromatic heterocycles. The van der Waals surface area contributed by atoms with E-state index in [0.717, 1.165) is 24.0 Å². The minimum absolute atomic E-state index is 0.153. The van der Waals surface area contributed by atoms with Crippen LogP contribution in [0.15, 0.2) is 47.4 Å². The maximum Gasteiger partial charge on any atom is 0.337 e. The second-order valence-corrected chi connectivity index (χ2v) is 8.52. The van der Waals surface area contributed by atoms with Crippen molar-refractivity contribution in [2.75, 3.05) is 13.7 Å². The number of carbonyl (C=O) groups excluding carboxylic acids is 1. The second kappa shape index (κ2) is 7.21. The molecule has 0 radical (unpaired) electrons. The molecule has 2 aromatic carbocycles. The molecule has 2 aromatic rings. The van der Waals surface area contributed by atoms with Crippen molar-refractivity contribution in [3.8, 4) is 0 Å². The van der Waals surface area contributed by atoms with E-state index in [1.807, 2.05) is 31.2 Å². The Kier molecular flexibility index (Phi) is 5.16. The number of nitrogens with zero attached hydrogens (tertiary/aromatic N) is 1. The van der Waals surface area contributed by atoms with Crippen LogP contribution in [0.5, 0.6) is 0 Å². The summed E-state index contributed by atoms with van der Waals surface area (Å²) in [7, 11) is -2.34. The third-order valence-corrected chi connectivity index (χ3v) is 6.92. The Morgan fingerprint density at radius 3 is 2.42 bits per heavy atom. The molecule has 0 spiro atoms. The van der Waals surface area contributed by atoms with E-state index >= 15 is 0 Å². The maximum atomic E-state index is 13.3. The molecule has 26 heavy (non-hydrogen) atoms. The zero-order valence-corrected chi connectivity index (χ0v) is 16.0. The Morgan fingerprint density at radius 1 is 1.12 bits per heavy atom. The largest absolute Gasteiger partial charge is 0.465 e. The van der Waals surface area contributed by atoms with Crippen molar-refractivity contribution in [2.45, 2.75) is 37.6 Å². The van der Waals surface area contributed by atoms with Crippen molar-refractivity contribution in [1.29, 1.82) is 0 Å². The summed E-state index contributed by atoms with van der Waals surface area (Å²) in [6.07, 6.45) is 1.64. The lowest BCUT2D eigenvalue weighted by Gasteiger charge is -2.25. The van der Waals surface area contributed by atoms with Crippen molar-refractivity contribution < 1.29 is 17.9 Å². The zero-order valence-electron chi connectivity index (χ0n) is 15.2. The van der Waals surface area contributed by atoms with Gasteiger partial charge in [0.25, 0.3) is 0 Å². The average Bonchev–Trinajstić information content (AvgIpc) is 3.12.